The number of esters is 1. The summed E-state index contributed by atoms with van der Waals surface area (Å²) in [4.78, 5) is 13.4. The van der Waals surface area contributed by atoms with E-state index in [1.807, 2.05) is 36.4 Å². The molecule has 0 atom stereocenters. The van der Waals surface area contributed by atoms with Crippen LogP contribution in [0, 0.1) is 0 Å². The van der Waals surface area contributed by atoms with Crippen molar-refractivity contribution < 1.29 is 19.0 Å². The largest absolute Gasteiger partial charge is 0.497 e. The van der Waals surface area contributed by atoms with E-state index in [0.29, 0.717) is 39.5 Å². The minimum absolute atomic E-state index is 0.293. The predicted octanol–water partition coefficient (Wildman–Crippen LogP) is 5.42. The highest BCUT2D eigenvalue weighted by molar-refractivity contribution is 7.80. The van der Waals surface area contributed by atoms with Crippen LogP contribution in [-0.4, -0.2) is 31.9 Å². The highest BCUT2D eigenvalue weighted by atomic mass is 32.1. The van der Waals surface area contributed by atoms with Crippen LogP contribution in [-0.2, 0) is 4.74 Å². The number of hydrogen-bond donors (Lipinski definition) is 2. The molecule has 0 saturated carbocycles. The third-order valence-corrected chi connectivity index (χ3v) is 5.43. The molecule has 1 heterocycles. The van der Waals surface area contributed by atoms with Gasteiger partial charge in [0.05, 0.1) is 26.4 Å². The normalized spacial score (nSPS) is 10.2. The van der Waals surface area contributed by atoms with Crippen molar-refractivity contribution in [2.75, 3.05) is 31.5 Å². The lowest BCUT2D eigenvalue weighted by Crippen LogP contribution is -2.20. The first-order valence-electron chi connectivity index (χ1n) is 9.21. The maximum absolute atomic E-state index is 12.5. The van der Waals surface area contributed by atoms with Crippen LogP contribution in [0.3, 0.4) is 0 Å². The maximum atomic E-state index is 12.5. The Morgan fingerprint density at radius 2 is 1.67 bits per heavy atom. The third-order valence-electron chi connectivity index (χ3n) is 4.12. The second-order valence-corrected chi connectivity index (χ2v) is 7.58. The molecule has 0 radical (unpaired) electrons. The first-order valence-corrected chi connectivity index (χ1v) is 10.4. The number of hydrogen-bond acceptors (Lipinski definition) is 6. The van der Waals surface area contributed by atoms with Gasteiger partial charge in [-0.2, -0.15) is 0 Å². The van der Waals surface area contributed by atoms with Gasteiger partial charge in [0.2, 0.25) is 0 Å². The Labute approximate surface area is 184 Å². The van der Waals surface area contributed by atoms with Gasteiger partial charge in [0.25, 0.3) is 0 Å². The summed E-state index contributed by atoms with van der Waals surface area (Å²) in [5, 5.41) is 7.16. The van der Waals surface area contributed by atoms with Crippen molar-refractivity contribution in [3.05, 3.63) is 60.2 Å². The fourth-order valence-electron chi connectivity index (χ4n) is 2.73. The predicted molar refractivity (Wildman–Crippen MR) is 125 cm³/mol. The zero-order valence-corrected chi connectivity index (χ0v) is 18.5. The van der Waals surface area contributed by atoms with Gasteiger partial charge in [-0.1, -0.05) is 30.3 Å². The summed E-state index contributed by atoms with van der Waals surface area (Å²) in [5.74, 6) is 0.869. The molecule has 0 bridgehead atoms. The maximum Gasteiger partial charge on any atom is 0.341 e. The van der Waals surface area contributed by atoms with Gasteiger partial charge < -0.3 is 24.8 Å². The number of thiophene rings is 1. The Hall–Kier alpha value is -3.10. The van der Waals surface area contributed by atoms with Gasteiger partial charge in [-0.15, -0.1) is 11.3 Å². The van der Waals surface area contributed by atoms with E-state index in [9.17, 15) is 4.79 Å². The van der Waals surface area contributed by atoms with E-state index in [0.717, 1.165) is 10.4 Å². The average Bonchev–Trinajstić information content (AvgIpc) is 3.17. The molecule has 30 heavy (non-hydrogen) atoms. The zero-order valence-electron chi connectivity index (χ0n) is 16.9. The van der Waals surface area contributed by atoms with Gasteiger partial charge in [-0.25, -0.2) is 4.79 Å². The Kier molecular flexibility index (Phi) is 7.26. The molecule has 2 N–H and O–H groups in total. The van der Waals surface area contributed by atoms with Crippen molar-refractivity contribution in [3.8, 4) is 21.9 Å². The van der Waals surface area contributed by atoms with Gasteiger partial charge in [0, 0.05) is 28.8 Å². The van der Waals surface area contributed by atoms with Gasteiger partial charge in [0.1, 0.15) is 16.5 Å². The molecule has 6 nitrogen and oxygen atoms in total. The van der Waals surface area contributed by atoms with Gasteiger partial charge in [0.15, 0.2) is 5.11 Å². The standard InChI is InChI=1S/C22H22N2O4S2/c1-4-28-21(25)18-13-19(14-8-6-5-7-9-14)30-20(18)24-22(29)23-15-10-16(26-2)12-17(11-15)27-3/h5-13H,4H2,1-3H3,(H2,23,24,29). The number of carbonyl (C=O) groups is 1. The van der Waals surface area contributed by atoms with Crippen LogP contribution in [0.2, 0.25) is 0 Å². The molecule has 8 heteroatoms. The molecule has 0 aliphatic heterocycles. The van der Waals surface area contributed by atoms with Crippen molar-refractivity contribution in [2.45, 2.75) is 6.92 Å². The summed E-state index contributed by atoms with van der Waals surface area (Å²) in [7, 11) is 3.16. The van der Waals surface area contributed by atoms with E-state index >= 15 is 0 Å². The van der Waals surface area contributed by atoms with Crippen molar-refractivity contribution >= 4 is 45.3 Å². The first kappa shape index (κ1) is 21.6. The van der Waals surface area contributed by atoms with Gasteiger partial charge in [-0.05, 0) is 30.8 Å². The number of benzene rings is 2. The Morgan fingerprint density at radius 3 is 2.27 bits per heavy atom. The van der Waals surface area contributed by atoms with Crippen LogP contribution in [0.15, 0.2) is 54.6 Å². The van der Waals surface area contributed by atoms with Crippen molar-refractivity contribution in [3.63, 3.8) is 0 Å². The van der Waals surface area contributed by atoms with Crippen LogP contribution < -0.4 is 20.1 Å². The molecule has 0 aliphatic rings. The molecule has 0 fully saturated rings. The number of thiocarbonyl (C=S) groups is 1. The van der Waals surface area contributed by atoms with Crippen LogP contribution in [0.4, 0.5) is 10.7 Å². The molecule has 3 aromatic rings. The molecular weight excluding hydrogens is 420 g/mol. The number of ether oxygens (including phenoxy) is 3. The summed E-state index contributed by atoms with van der Waals surface area (Å²) >= 11 is 6.90. The molecule has 156 valence electrons. The SMILES string of the molecule is CCOC(=O)c1cc(-c2ccccc2)sc1NC(=S)Nc1cc(OC)cc(OC)c1. The molecule has 0 unspecified atom stereocenters. The molecule has 0 aliphatic carbocycles. The number of nitrogens with one attached hydrogen (secondary N) is 2. The molecule has 0 spiro atoms. The fourth-order valence-corrected chi connectivity index (χ4v) is 4.07. The number of anilines is 2. The second-order valence-electron chi connectivity index (χ2n) is 6.12. The summed E-state index contributed by atoms with van der Waals surface area (Å²) in [6.07, 6.45) is 0. The number of rotatable bonds is 7. The Bertz CT molecular complexity index is 1010. The van der Waals surface area contributed by atoms with E-state index in [4.69, 9.17) is 26.4 Å². The molecule has 0 saturated heterocycles. The van der Waals surface area contributed by atoms with Gasteiger partial charge >= 0.3 is 5.97 Å². The third kappa shape index (κ3) is 5.28. The topological polar surface area (TPSA) is 68.8 Å². The molecular formula is C22H22N2O4S2. The van der Waals surface area contributed by atoms with Crippen LogP contribution in [0.5, 0.6) is 11.5 Å². The van der Waals surface area contributed by atoms with Crippen LogP contribution in [0.1, 0.15) is 17.3 Å². The molecule has 2 aromatic carbocycles. The smallest absolute Gasteiger partial charge is 0.341 e. The minimum atomic E-state index is -0.399. The molecule has 0 amide bonds. The van der Waals surface area contributed by atoms with E-state index in [1.54, 1.807) is 39.3 Å². The minimum Gasteiger partial charge on any atom is -0.497 e. The lowest BCUT2D eigenvalue weighted by Gasteiger charge is -2.13. The first-order chi connectivity index (χ1) is 14.5. The highest BCUT2D eigenvalue weighted by Crippen LogP contribution is 2.36. The second kappa shape index (κ2) is 10.1. The fraction of sp³-hybridized carbons (Fsp3) is 0.182. The van der Waals surface area contributed by atoms with E-state index in [2.05, 4.69) is 10.6 Å². The van der Waals surface area contributed by atoms with E-state index in [-0.39, 0.29) is 0 Å². The number of carbonyl (C=O) groups excluding carboxylic acids is 1. The lowest BCUT2D eigenvalue weighted by molar-refractivity contribution is 0.0528. The summed E-state index contributed by atoms with van der Waals surface area (Å²) in [6, 6.07) is 17.0. The van der Waals surface area contributed by atoms with Crippen LogP contribution in [0.25, 0.3) is 10.4 Å². The zero-order chi connectivity index (χ0) is 21.5. The summed E-state index contributed by atoms with van der Waals surface area (Å²) in [5.41, 5.74) is 2.15. The van der Waals surface area contributed by atoms with Crippen LogP contribution >= 0.6 is 23.6 Å². The lowest BCUT2D eigenvalue weighted by atomic mass is 10.1. The summed E-state index contributed by atoms with van der Waals surface area (Å²) < 4.78 is 15.8. The Balaban J connectivity index is 1.85. The van der Waals surface area contributed by atoms with Crippen molar-refractivity contribution in [2.24, 2.45) is 0 Å². The van der Waals surface area contributed by atoms with Gasteiger partial charge in [-0.3, -0.25) is 0 Å². The van der Waals surface area contributed by atoms with Crippen molar-refractivity contribution in [1.82, 2.24) is 0 Å². The van der Waals surface area contributed by atoms with E-state index < -0.39 is 5.97 Å². The highest BCUT2D eigenvalue weighted by Gasteiger charge is 2.19. The van der Waals surface area contributed by atoms with Crippen molar-refractivity contribution in [1.29, 1.82) is 0 Å². The van der Waals surface area contributed by atoms with E-state index in [1.165, 1.54) is 11.3 Å². The molecule has 3 rings (SSSR count). The Morgan fingerprint density at radius 1 is 1.00 bits per heavy atom. The average molecular weight is 443 g/mol. The summed E-state index contributed by atoms with van der Waals surface area (Å²) in [6.45, 7) is 2.07. The molecule has 1 aromatic heterocycles. The number of methoxy groups -OCH3 is 2. The monoisotopic (exact) mass is 442 g/mol. The quantitative estimate of drug-likeness (QED) is 0.374.